The molecule has 3 nitrogen and oxygen atoms in total. The van der Waals surface area contributed by atoms with Gasteiger partial charge in [0.05, 0.1) is 23.9 Å². The maximum Gasteiger partial charge on any atom is 0.416 e. The molecule has 4 aromatic rings. The minimum absolute atomic E-state index is 0. The van der Waals surface area contributed by atoms with Crippen LogP contribution in [0, 0.1) is 0 Å². The maximum absolute atomic E-state index is 13.0. The molecular formula is C26H24ClF3N2O. The SMILES string of the molecule is COc1cccc([C@@H](C)NCc2cc(-c3ccc(C(F)(F)F)cc3)c3ccccc3n2)c1.Cl. The molecule has 0 bridgehead atoms. The van der Waals surface area contributed by atoms with Gasteiger partial charge in [0, 0.05) is 18.0 Å². The standard InChI is InChI=1S/C26H23F3N2O.ClH/c1-17(19-6-5-7-22(14-19)32-2)30-16-21-15-24(23-8-3-4-9-25(23)31-21)18-10-12-20(13-11-18)26(27,28)29;/h3-15,17,30H,16H2,1-2H3;1H/t17-;/m1./s1. The first-order valence-corrected chi connectivity index (χ1v) is 10.3. The summed E-state index contributed by atoms with van der Waals surface area (Å²) in [6, 6.07) is 22.8. The van der Waals surface area contributed by atoms with Gasteiger partial charge in [0.2, 0.25) is 0 Å². The second-order valence-electron chi connectivity index (χ2n) is 7.63. The van der Waals surface area contributed by atoms with Crippen molar-refractivity contribution in [2.75, 3.05) is 7.11 Å². The third kappa shape index (κ3) is 5.64. The molecule has 4 rings (SSSR count). The van der Waals surface area contributed by atoms with E-state index in [1.807, 2.05) is 54.6 Å². The molecule has 1 atom stereocenters. The largest absolute Gasteiger partial charge is 0.497 e. The van der Waals surface area contributed by atoms with Crippen molar-refractivity contribution in [1.82, 2.24) is 10.3 Å². The Morgan fingerprint density at radius 3 is 2.36 bits per heavy atom. The van der Waals surface area contributed by atoms with E-state index in [1.54, 1.807) is 7.11 Å². The maximum atomic E-state index is 13.0. The van der Waals surface area contributed by atoms with Crippen LogP contribution in [0.2, 0.25) is 0 Å². The minimum Gasteiger partial charge on any atom is -0.497 e. The van der Waals surface area contributed by atoms with Gasteiger partial charge < -0.3 is 10.1 Å². The fourth-order valence-corrected chi connectivity index (χ4v) is 3.68. The summed E-state index contributed by atoms with van der Waals surface area (Å²) in [7, 11) is 1.64. The molecule has 0 amide bonds. The zero-order valence-corrected chi connectivity index (χ0v) is 19.0. The third-order valence-corrected chi connectivity index (χ3v) is 5.48. The van der Waals surface area contributed by atoms with E-state index in [0.717, 1.165) is 51.2 Å². The Hall–Kier alpha value is -3.09. The first-order chi connectivity index (χ1) is 15.3. The van der Waals surface area contributed by atoms with Crippen LogP contribution in [0.5, 0.6) is 5.75 Å². The van der Waals surface area contributed by atoms with Crippen LogP contribution >= 0.6 is 12.4 Å². The second kappa shape index (κ2) is 10.2. The molecule has 0 aliphatic rings. The van der Waals surface area contributed by atoms with E-state index >= 15 is 0 Å². The summed E-state index contributed by atoms with van der Waals surface area (Å²) < 4.78 is 44.2. The average molecular weight is 473 g/mol. The van der Waals surface area contributed by atoms with Crippen molar-refractivity contribution in [3.8, 4) is 16.9 Å². The Kier molecular flexibility index (Phi) is 7.61. The van der Waals surface area contributed by atoms with Crippen molar-refractivity contribution in [3.63, 3.8) is 0 Å². The number of para-hydroxylation sites is 1. The van der Waals surface area contributed by atoms with Gasteiger partial charge in [0.25, 0.3) is 0 Å². The Labute approximate surface area is 197 Å². The van der Waals surface area contributed by atoms with Crippen molar-refractivity contribution >= 4 is 23.3 Å². The van der Waals surface area contributed by atoms with Crippen molar-refractivity contribution in [2.45, 2.75) is 25.7 Å². The number of fused-ring (bicyclic) bond motifs is 1. The fraction of sp³-hybridized carbons (Fsp3) is 0.192. The van der Waals surface area contributed by atoms with Crippen LogP contribution in [0.3, 0.4) is 0 Å². The van der Waals surface area contributed by atoms with E-state index in [9.17, 15) is 13.2 Å². The van der Waals surface area contributed by atoms with Crippen LogP contribution < -0.4 is 10.1 Å². The number of hydrogen-bond donors (Lipinski definition) is 1. The van der Waals surface area contributed by atoms with E-state index in [-0.39, 0.29) is 18.4 Å². The highest BCUT2D eigenvalue weighted by atomic mass is 35.5. The number of pyridine rings is 1. The molecule has 172 valence electrons. The zero-order valence-electron chi connectivity index (χ0n) is 18.2. The van der Waals surface area contributed by atoms with Gasteiger partial charge in [-0.25, -0.2) is 0 Å². The summed E-state index contributed by atoms with van der Waals surface area (Å²) in [6.07, 6.45) is -4.36. The zero-order chi connectivity index (χ0) is 22.7. The minimum atomic E-state index is -4.36. The molecule has 1 heterocycles. The predicted octanol–water partition coefficient (Wildman–Crippen LogP) is 7.20. The highest BCUT2D eigenvalue weighted by Gasteiger charge is 2.30. The Morgan fingerprint density at radius 2 is 1.67 bits per heavy atom. The van der Waals surface area contributed by atoms with E-state index in [4.69, 9.17) is 9.72 Å². The molecule has 0 saturated heterocycles. The highest BCUT2D eigenvalue weighted by molar-refractivity contribution is 5.94. The molecule has 0 fully saturated rings. The van der Waals surface area contributed by atoms with Crippen molar-refractivity contribution in [2.24, 2.45) is 0 Å². The fourth-order valence-electron chi connectivity index (χ4n) is 3.68. The number of aromatic nitrogens is 1. The molecule has 0 aliphatic heterocycles. The smallest absolute Gasteiger partial charge is 0.416 e. The summed E-state index contributed by atoms with van der Waals surface area (Å²) in [5.41, 5.74) is 3.62. The van der Waals surface area contributed by atoms with Gasteiger partial charge in [0.1, 0.15) is 5.75 Å². The second-order valence-corrected chi connectivity index (χ2v) is 7.63. The van der Waals surface area contributed by atoms with Crippen molar-refractivity contribution < 1.29 is 17.9 Å². The molecule has 7 heteroatoms. The van der Waals surface area contributed by atoms with Gasteiger partial charge in [-0.3, -0.25) is 4.98 Å². The van der Waals surface area contributed by atoms with Gasteiger partial charge in [-0.1, -0.05) is 42.5 Å². The highest BCUT2D eigenvalue weighted by Crippen LogP contribution is 2.33. The first kappa shape index (κ1) is 24.6. The van der Waals surface area contributed by atoms with Gasteiger partial charge in [-0.05, 0) is 60.0 Å². The van der Waals surface area contributed by atoms with Crippen LogP contribution in [0.4, 0.5) is 13.2 Å². The molecular weight excluding hydrogens is 449 g/mol. The Balaban J connectivity index is 0.00000306. The molecule has 3 aromatic carbocycles. The molecule has 0 aliphatic carbocycles. The van der Waals surface area contributed by atoms with E-state index in [1.165, 1.54) is 12.1 Å². The van der Waals surface area contributed by atoms with Gasteiger partial charge in [0.15, 0.2) is 0 Å². The van der Waals surface area contributed by atoms with Gasteiger partial charge in [-0.15, -0.1) is 12.4 Å². The lowest BCUT2D eigenvalue weighted by molar-refractivity contribution is -0.137. The summed E-state index contributed by atoms with van der Waals surface area (Å²) in [6.45, 7) is 2.57. The molecule has 0 unspecified atom stereocenters. The lowest BCUT2D eigenvalue weighted by Gasteiger charge is -2.16. The monoisotopic (exact) mass is 472 g/mol. The third-order valence-electron chi connectivity index (χ3n) is 5.48. The topological polar surface area (TPSA) is 34.1 Å². The number of alkyl halides is 3. The van der Waals surface area contributed by atoms with Crippen LogP contribution in [0.25, 0.3) is 22.0 Å². The number of methoxy groups -OCH3 is 1. The molecule has 0 saturated carbocycles. The van der Waals surface area contributed by atoms with E-state index < -0.39 is 11.7 Å². The van der Waals surface area contributed by atoms with Crippen molar-refractivity contribution in [1.29, 1.82) is 0 Å². The summed E-state index contributed by atoms with van der Waals surface area (Å²) >= 11 is 0. The lowest BCUT2D eigenvalue weighted by atomic mass is 9.98. The van der Waals surface area contributed by atoms with Crippen LogP contribution in [0.1, 0.15) is 29.8 Å². The number of rotatable bonds is 6. The number of nitrogens with zero attached hydrogens (tertiary/aromatic N) is 1. The Bertz CT molecular complexity index is 1230. The quantitative estimate of drug-likeness (QED) is 0.322. The van der Waals surface area contributed by atoms with E-state index in [0.29, 0.717) is 6.54 Å². The number of nitrogens with one attached hydrogen (secondary N) is 1. The number of hydrogen-bond acceptors (Lipinski definition) is 3. The van der Waals surface area contributed by atoms with Crippen LogP contribution in [0.15, 0.2) is 78.9 Å². The first-order valence-electron chi connectivity index (χ1n) is 10.3. The summed E-state index contributed by atoms with van der Waals surface area (Å²) in [5, 5.41) is 4.37. The normalized spacial score (nSPS) is 12.3. The number of ether oxygens (including phenoxy) is 1. The average Bonchev–Trinajstić information content (AvgIpc) is 2.81. The van der Waals surface area contributed by atoms with Crippen molar-refractivity contribution in [3.05, 3.63) is 95.7 Å². The van der Waals surface area contributed by atoms with Crippen LogP contribution in [-0.2, 0) is 12.7 Å². The predicted molar refractivity (Wildman–Crippen MR) is 128 cm³/mol. The molecule has 33 heavy (non-hydrogen) atoms. The summed E-state index contributed by atoms with van der Waals surface area (Å²) in [4.78, 5) is 4.75. The van der Waals surface area contributed by atoms with E-state index in [2.05, 4.69) is 12.2 Å². The lowest BCUT2D eigenvalue weighted by Crippen LogP contribution is -2.19. The van der Waals surface area contributed by atoms with Crippen LogP contribution in [-0.4, -0.2) is 12.1 Å². The number of halogens is 4. The molecule has 1 aromatic heterocycles. The van der Waals surface area contributed by atoms with Gasteiger partial charge in [-0.2, -0.15) is 13.2 Å². The van der Waals surface area contributed by atoms with Gasteiger partial charge >= 0.3 is 6.18 Å². The molecule has 0 spiro atoms. The molecule has 0 radical (unpaired) electrons. The summed E-state index contributed by atoms with van der Waals surface area (Å²) in [5.74, 6) is 0.796. The number of benzene rings is 3. The Morgan fingerprint density at radius 1 is 0.939 bits per heavy atom. The molecule has 1 N–H and O–H groups in total.